The third-order valence-corrected chi connectivity index (χ3v) is 6.09. The van der Waals surface area contributed by atoms with E-state index in [0.717, 1.165) is 5.56 Å². The maximum absolute atomic E-state index is 12.9. The Labute approximate surface area is 182 Å². The van der Waals surface area contributed by atoms with Gasteiger partial charge >= 0.3 is 0 Å². The van der Waals surface area contributed by atoms with Crippen LogP contribution in [-0.2, 0) is 10.0 Å². The molecular weight excluding hydrogens is 416 g/mol. The Morgan fingerprint density at radius 2 is 1.52 bits per heavy atom. The smallest absolute Gasteiger partial charge is 0.262 e. The maximum Gasteiger partial charge on any atom is 0.262 e. The van der Waals surface area contributed by atoms with Gasteiger partial charge in [0.2, 0.25) is 0 Å². The molecule has 2 N–H and O–H groups in total. The fourth-order valence-electron chi connectivity index (χ4n) is 3.06. The van der Waals surface area contributed by atoms with Gasteiger partial charge in [-0.2, -0.15) is 0 Å². The van der Waals surface area contributed by atoms with E-state index in [1.165, 1.54) is 32.4 Å². The van der Waals surface area contributed by atoms with Crippen LogP contribution in [0, 0.1) is 0 Å². The van der Waals surface area contributed by atoms with Gasteiger partial charge in [-0.1, -0.05) is 42.5 Å². The van der Waals surface area contributed by atoms with Gasteiger partial charge in [-0.25, -0.2) is 8.42 Å². The van der Waals surface area contributed by atoms with Crippen molar-refractivity contribution in [1.82, 2.24) is 5.32 Å². The predicted molar refractivity (Wildman–Crippen MR) is 119 cm³/mol. The minimum absolute atomic E-state index is 0.0157. The summed E-state index contributed by atoms with van der Waals surface area (Å²) in [6.45, 7) is 1.86. The van der Waals surface area contributed by atoms with Crippen LogP contribution in [0.4, 0.5) is 5.69 Å². The molecule has 0 aliphatic rings. The van der Waals surface area contributed by atoms with Crippen molar-refractivity contribution in [3.8, 4) is 11.5 Å². The van der Waals surface area contributed by atoms with Gasteiger partial charge in [0.05, 0.1) is 36.4 Å². The summed E-state index contributed by atoms with van der Waals surface area (Å²) in [5.41, 5.74) is 1.34. The van der Waals surface area contributed by atoms with Gasteiger partial charge in [0.1, 0.15) is 0 Å². The molecule has 1 amide bonds. The van der Waals surface area contributed by atoms with Crippen LogP contribution in [0.25, 0.3) is 0 Å². The number of nitrogens with one attached hydrogen (secondary N) is 2. The molecule has 1 atom stereocenters. The highest BCUT2D eigenvalue weighted by atomic mass is 32.2. The van der Waals surface area contributed by atoms with E-state index in [2.05, 4.69) is 10.0 Å². The zero-order valence-corrected chi connectivity index (χ0v) is 18.3. The predicted octanol–water partition coefficient (Wildman–Crippen LogP) is 4.00. The minimum atomic E-state index is -3.97. The first-order chi connectivity index (χ1) is 14.9. The summed E-state index contributed by atoms with van der Waals surface area (Å²) in [5.74, 6) is 0.311. The molecule has 31 heavy (non-hydrogen) atoms. The topological polar surface area (TPSA) is 93.7 Å². The SMILES string of the molecule is COc1ccc(S(=O)(=O)Nc2ccccc2C(=O)N[C@H](C)c2ccccc2)cc1OC. The van der Waals surface area contributed by atoms with Crippen molar-refractivity contribution in [2.75, 3.05) is 18.9 Å². The Bertz CT molecular complexity index is 1160. The number of rotatable bonds is 8. The number of methoxy groups -OCH3 is 2. The summed E-state index contributed by atoms with van der Waals surface area (Å²) in [5, 5.41) is 2.90. The highest BCUT2D eigenvalue weighted by Crippen LogP contribution is 2.30. The number of carbonyl (C=O) groups is 1. The Morgan fingerprint density at radius 1 is 0.871 bits per heavy atom. The summed E-state index contributed by atoms with van der Waals surface area (Å²) < 4.78 is 38.7. The maximum atomic E-state index is 12.9. The molecule has 0 fully saturated rings. The molecule has 0 radical (unpaired) electrons. The number of sulfonamides is 1. The number of ether oxygens (including phenoxy) is 2. The normalized spacial score (nSPS) is 12.0. The van der Waals surface area contributed by atoms with Crippen LogP contribution in [0.5, 0.6) is 11.5 Å². The second-order valence-corrected chi connectivity index (χ2v) is 8.46. The molecule has 3 rings (SSSR count). The van der Waals surface area contributed by atoms with Crippen LogP contribution < -0.4 is 19.5 Å². The second-order valence-electron chi connectivity index (χ2n) is 6.77. The van der Waals surface area contributed by atoms with Crippen molar-refractivity contribution >= 4 is 21.6 Å². The number of carbonyl (C=O) groups excluding carboxylic acids is 1. The summed E-state index contributed by atoms with van der Waals surface area (Å²) in [4.78, 5) is 12.9. The first kappa shape index (κ1) is 22.2. The Balaban J connectivity index is 1.85. The quantitative estimate of drug-likeness (QED) is 0.552. The van der Waals surface area contributed by atoms with Gasteiger partial charge in [0.25, 0.3) is 15.9 Å². The van der Waals surface area contributed by atoms with Crippen molar-refractivity contribution in [1.29, 1.82) is 0 Å². The van der Waals surface area contributed by atoms with E-state index in [-0.39, 0.29) is 33.8 Å². The Hall–Kier alpha value is -3.52. The number of para-hydroxylation sites is 1. The average Bonchev–Trinajstić information content (AvgIpc) is 2.79. The van der Waals surface area contributed by atoms with Gasteiger partial charge < -0.3 is 14.8 Å². The summed E-state index contributed by atoms with van der Waals surface area (Å²) in [6.07, 6.45) is 0. The van der Waals surface area contributed by atoms with E-state index < -0.39 is 10.0 Å². The molecule has 3 aromatic carbocycles. The lowest BCUT2D eigenvalue weighted by Gasteiger charge is -2.17. The van der Waals surface area contributed by atoms with E-state index in [1.54, 1.807) is 24.3 Å². The molecule has 0 bridgehead atoms. The van der Waals surface area contributed by atoms with Crippen LogP contribution in [0.3, 0.4) is 0 Å². The second kappa shape index (κ2) is 9.53. The van der Waals surface area contributed by atoms with E-state index in [9.17, 15) is 13.2 Å². The van der Waals surface area contributed by atoms with E-state index >= 15 is 0 Å². The molecular formula is C23H24N2O5S. The molecule has 8 heteroatoms. The van der Waals surface area contributed by atoms with Crippen molar-refractivity contribution in [3.05, 3.63) is 83.9 Å². The number of hydrogen-bond donors (Lipinski definition) is 2. The highest BCUT2D eigenvalue weighted by molar-refractivity contribution is 7.92. The lowest BCUT2D eigenvalue weighted by atomic mass is 10.1. The fraction of sp³-hybridized carbons (Fsp3) is 0.174. The molecule has 0 aliphatic heterocycles. The lowest BCUT2D eigenvalue weighted by Crippen LogP contribution is -2.28. The number of hydrogen-bond acceptors (Lipinski definition) is 5. The largest absolute Gasteiger partial charge is 0.493 e. The van der Waals surface area contributed by atoms with Gasteiger partial charge in [0, 0.05) is 6.07 Å². The van der Waals surface area contributed by atoms with E-state index in [0.29, 0.717) is 5.75 Å². The molecule has 0 heterocycles. The van der Waals surface area contributed by atoms with Gasteiger partial charge in [-0.3, -0.25) is 9.52 Å². The van der Waals surface area contributed by atoms with Gasteiger partial charge in [0.15, 0.2) is 11.5 Å². The molecule has 0 spiro atoms. The molecule has 0 saturated heterocycles. The standard InChI is InChI=1S/C23H24N2O5S/c1-16(17-9-5-4-6-10-17)24-23(26)19-11-7-8-12-20(19)25-31(27,28)18-13-14-21(29-2)22(15-18)30-3/h4-16,25H,1-3H3,(H,24,26)/t16-/m1/s1. The number of amides is 1. The molecule has 0 unspecified atom stereocenters. The van der Waals surface area contributed by atoms with Crippen molar-refractivity contribution in [3.63, 3.8) is 0 Å². The summed E-state index contributed by atoms with van der Waals surface area (Å²) >= 11 is 0. The van der Waals surface area contributed by atoms with Crippen LogP contribution in [0.15, 0.2) is 77.7 Å². The minimum Gasteiger partial charge on any atom is -0.493 e. The van der Waals surface area contributed by atoms with Gasteiger partial charge in [-0.05, 0) is 36.8 Å². The molecule has 162 valence electrons. The number of anilines is 1. The monoisotopic (exact) mass is 440 g/mol. The highest BCUT2D eigenvalue weighted by Gasteiger charge is 2.21. The molecule has 3 aromatic rings. The first-order valence-corrected chi connectivity index (χ1v) is 11.0. The Kier molecular flexibility index (Phi) is 6.81. The molecule has 0 aliphatic carbocycles. The number of benzene rings is 3. The lowest BCUT2D eigenvalue weighted by molar-refractivity contribution is 0.0941. The average molecular weight is 441 g/mol. The Morgan fingerprint density at radius 3 is 2.19 bits per heavy atom. The molecule has 0 aromatic heterocycles. The third kappa shape index (κ3) is 5.16. The van der Waals surface area contributed by atoms with Crippen molar-refractivity contribution in [2.24, 2.45) is 0 Å². The van der Waals surface area contributed by atoms with Crippen molar-refractivity contribution in [2.45, 2.75) is 17.9 Å². The molecule has 7 nitrogen and oxygen atoms in total. The van der Waals surface area contributed by atoms with Crippen molar-refractivity contribution < 1.29 is 22.7 Å². The summed E-state index contributed by atoms with van der Waals surface area (Å²) in [7, 11) is -1.08. The van der Waals surface area contributed by atoms with Crippen LogP contribution in [0.1, 0.15) is 28.9 Å². The molecule has 0 saturated carbocycles. The summed E-state index contributed by atoms with van der Waals surface area (Å²) in [6, 6.07) is 20.0. The van der Waals surface area contributed by atoms with E-state index in [1.807, 2.05) is 37.3 Å². The zero-order valence-electron chi connectivity index (χ0n) is 17.5. The van der Waals surface area contributed by atoms with E-state index in [4.69, 9.17) is 9.47 Å². The first-order valence-electron chi connectivity index (χ1n) is 9.55. The van der Waals surface area contributed by atoms with Crippen LogP contribution in [-0.4, -0.2) is 28.5 Å². The third-order valence-electron chi connectivity index (χ3n) is 4.73. The van der Waals surface area contributed by atoms with Crippen LogP contribution >= 0.6 is 0 Å². The fourth-order valence-corrected chi connectivity index (χ4v) is 4.15. The van der Waals surface area contributed by atoms with Gasteiger partial charge in [-0.15, -0.1) is 0 Å². The zero-order chi connectivity index (χ0) is 22.4. The van der Waals surface area contributed by atoms with Crippen LogP contribution in [0.2, 0.25) is 0 Å².